The molecule has 0 radical (unpaired) electrons. The fourth-order valence-corrected chi connectivity index (χ4v) is 5.02. The molecule has 1 unspecified atom stereocenters. The summed E-state index contributed by atoms with van der Waals surface area (Å²) in [4.78, 5) is 11.9. The number of carbonyl (C=O) groups is 1. The van der Waals surface area contributed by atoms with E-state index in [0.717, 1.165) is 23.7 Å². The topological polar surface area (TPSA) is 55.1 Å². The van der Waals surface area contributed by atoms with Crippen LogP contribution in [0.3, 0.4) is 0 Å². The van der Waals surface area contributed by atoms with Gasteiger partial charge in [-0.05, 0) is 68.6 Å². The van der Waals surface area contributed by atoms with Crippen molar-refractivity contribution in [3.63, 3.8) is 0 Å². The summed E-state index contributed by atoms with van der Waals surface area (Å²) >= 11 is 0. The van der Waals surface area contributed by atoms with Gasteiger partial charge in [-0.15, -0.1) is 0 Å². The van der Waals surface area contributed by atoms with E-state index in [1.807, 2.05) is 6.92 Å². The Kier molecular flexibility index (Phi) is 2.89. The first-order valence-electron chi connectivity index (χ1n) is 7.22. The molecular weight excluding hydrogens is 212 g/mol. The fourth-order valence-electron chi connectivity index (χ4n) is 5.02. The van der Waals surface area contributed by atoms with Gasteiger partial charge in [0, 0.05) is 6.54 Å². The highest BCUT2D eigenvalue weighted by molar-refractivity contribution is 5.81. The summed E-state index contributed by atoms with van der Waals surface area (Å²) in [5.41, 5.74) is 6.22. The lowest BCUT2D eigenvalue weighted by atomic mass is 9.50. The lowest BCUT2D eigenvalue weighted by molar-refractivity contribution is -0.128. The number of amides is 1. The minimum Gasteiger partial charge on any atom is -0.355 e. The summed E-state index contributed by atoms with van der Waals surface area (Å²) in [5.74, 6) is 3.93. The highest BCUT2D eigenvalue weighted by Crippen LogP contribution is 2.57. The highest BCUT2D eigenvalue weighted by Gasteiger charge is 2.50. The summed E-state index contributed by atoms with van der Waals surface area (Å²) in [6.07, 6.45) is 6.81. The molecule has 4 saturated carbocycles. The molecule has 4 fully saturated rings. The Morgan fingerprint density at radius 1 is 1.18 bits per heavy atom. The van der Waals surface area contributed by atoms with Crippen LogP contribution in [0.2, 0.25) is 0 Å². The van der Waals surface area contributed by atoms with Gasteiger partial charge in [-0.1, -0.05) is 0 Å². The number of nitrogens with two attached hydrogens (primary N) is 1. The molecule has 4 aliphatic carbocycles. The molecule has 0 heterocycles. The lowest BCUT2D eigenvalue weighted by Crippen LogP contribution is -2.56. The Bertz CT molecular complexity index is 287. The Morgan fingerprint density at radius 3 is 2.18 bits per heavy atom. The smallest absolute Gasteiger partial charge is 0.237 e. The van der Waals surface area contributed by atoms with Crippen molar-refractivity contribution in [2.45, 2.75) is 45.1 Å². The zero-order valence-electron chi connectivity index (χ0n) is 10.7. The minimum atomic E-state index is -0.259. The molecule has 0 aromatic rings. The Balaban J connectivity index is 1.73. The summed E-state index contributed by atoms with van der Waals surface area (Å²) in [7, 11) is 0. The van der Waals surface area contributed by atoms with Crippen molar-refractivity contribution in [2.75, 3.05) is 6.54 Å². The van der Waals surface area contributed by atoms with Gasteiger partial charge >= 0.3 is 0 Å². The predicted molar refractivity (Wildman–Crippen MR) is 67.2 cm³/mol. The van der Waals surface area contributed by atoms with Crippen LogP contribution >= 0.6 is 0 Å². The zero-order chi connectivity index (χ0) is 12.0. The number of nitrogens with one attached hydrogen (secondary N) is 1. The number of carbonyl (C=O) groups excluding carboxylic acids is 1. The first-order chi connectivity index (χ1) is 8.19. The first kappa shape index (κ1) is 11.5. The van der Waals surface area contributed by atoms with Gasteiger partial charge in [0.15, 0.2) is 0 Å². The van der Waals surface area contributed by atoms with E-state index in [2.05, 4.69) is 5.32 Å². The van der Waals surface area contributed by atoms with Gasteiger partial charge in [0.05, 0.1) is 6.04 Å². The maximum atomic E-state index is 11.9. The quantitative estimate of drug-likeness (QED) is 0.780. The molecule has 96 valence electrons. The molecule has 0 spiro atoms. The summed E-state index contributed by atoms with van der Waals surface area (Å²) in [5, 5.41) is 2.89. The summed E-state index contributed by atoms with van der Waals surface area (Å²) < 4.78 is 0. The Hall–Kier alpha value is -0.570. The van der Waals surface area contributed by atoms with Crippen LogP contribution < -0.4 is 11.1 Å². The largest absolute Gasteiger partial charge is 0.355 e. The van der Waals surface area contributed by atoms with Crippen molar-refractivity contribution in [3.8, 4) is 0 Å². The van der Waals surface area contributed by atoms with E-state index in [1.165, 1.54) is 32.1 Å². The summed E-state index contributed by atoms with van der Waals surface area (Å²) in [6.45, 7) is 2.65. The molecule has 3 N–H and O–H groups in total. The summed E-state index contributed by atoms with van der Waals surface area (Å²) in [6, 6.07) is -0.259. The minimum absolute atomic E-state index is 0.0740. The average Bonchev–Trinajstić information content (AvgIpc) is 2.27. The fraction of sp³-hybridized carbons (Fsp3) is 0.929. The van der Waals surface area contributed by atoms with Crippen molar-refractivity contribution < 1.29 is 4.79 Å². The van der Waals surface area contributed by atoms with Gasteiger partial charge in [0.1, 0.15) is 0 Å². The SMILES string of the molecule is CCNC(=O)C(N)C1C2CC3CC(C2)CC1C3. The molecule has 3 heteroatoms. The van der Waals surface area contributed by atoms with Crippen LogP contribution in [0.25, 0.3) is 0 Å². The van der Waals surface area contributed by atoms with E-state index in [-0.39, 0.29) is 11.9 Å². The van der Waals surface area contributed by atoms with Gasteiger partial charge < -0.3 is 11.1 Å². The van der Waals surface area contributed by atoms with E-state index >= 15 is 0 Å². The second kappa shape index (κ2) is 4.27. The van der Waals surface area contributed by atoms with Gasteiger partial charge in [0.2, 0.25) is 5.91 Å². The third-order valence-electron chi connectivity index (χ3n) is 5.37. The Labute approximate surface area is 104 Å². The van der Waals surface area contributed by atoms with Crippen molar-refractivity contribution in [1.29, 1.82) is 0 Å². The molecule has 0 aliphatic heterocycles. The molecule has 1 amide bonds. The maximum Gasteiger partial charge on any atom is 0.237 e. The van der Waals surface area contributed by atoms with Crippen LogP contribution in [0, 0.1) is 29.6 Å². The van der Waals surface area contributed by atoms with Crippen LogP contribution in [0.5, 0.6) is 0 Å². The van der Waals surface area contributed by atoms with Crippen LogP contribution in [-0.4, -0.2) is 18.5 Å². The molecule has 4 bridgehead atoms. The van der Waals surface area contributed by atoms with Gasteiger partial charge in [-0.2, -0.15) is 0 Å². The van der Waals surface area contributed by atoms with E-state index in [4.69, 9.17) is 5.73 Å². The average molecular weight is 236 g/mol. The molecule has 0 aromatic carbocycles. The molecule has 1 atom stereocenters. The number of likely N-dealkylation sites (N-methyl/N-ethyl adjacent to an activating group) is 1. The third kappa shape index (κ3) is 1.88. The van der Waals surface area contributed by atoms with Gasteiger partial charge in [-0.25, -0.2) is 0 Å². The molecular formula is C14H24N2O. The van der Waals surface area contributed by atoms with Crippen molar-refractivity contribution >= 4 is 5.91 Å². The second-order valence-corrected chi connectivity index (χ2v) is 6.43. The number of rotatable bonds is 3. The van der Waals surface area contributed by atoms with E-state index < -0.39 is 0 Å². The third-order valence-corrected chi connectivity index (χ3v) is 5.37. The van der Waals surface area contributed by atoms with Crippen LogP contribution in [0.1, 0.15) is 39.0 Å². The monoisotopic (exact) mass is 236 g/mol. The van der Waals surface area contributed by atoms with E-state index in [1.54, 1.807) is 0 Å². The molecule has 4 rings (SSSR count). The van der Waals surface area contributed by atoms with Crippen LogP contribution in [0.15, 0.2) is 0 Å². The normalized spacial score (nSPS) is 44.7. The van der Waals surface area contributed by atoms with E-state index in [0.29, 0.717) is 12.5 Å². The molecule has 0 saturated heterocycles. The second-order valence-electron chi connectivity index (χ2n) is 6.43. The van der Waals surface area contributed by atoms with Crippen molar-refractivity contribution in [3.05, 3.63) is 0 Å². The van der Waals surface area contributed by atoms with Crippen molar-refractivity contribution in [1.82, 2.24) is 5.32 Å². The zero-order valence-corrected chi connectivity index (χ0v) is 10.7. The number of hydrogen-bond donors (Lipinski definition) is 2. The van der Waals surface area contributed by atoms with Gasteiger partial charge in [0.25, 0.3) is 0 Å². The van der Waals surface area contributed by atoms with Crippen LogP contribution in [-0.2, 0) is 4.79 Å². The molecule has 17 heavy (non-hydrogen) atoms. The number of hydrogen-bond acceptors (Lipinski definition) is 2. The molecule has 0 aromatic heterocycles. The maximum absolute atomic E-state index is 11.9. The standard InChI is InChI=1S/C14H24N2O/c1-2-16-14(17)13(15)12-10-4-8-3-9(6-10)7-11(12)5-8/h8-13H,2-7,15H2,1H3,(H,16,17). The molecule has 4 aliphatic rings. The molecule has 3 nitrogen and oxygen atoms in total. The lowest BCUT2D eigenvalue weighted by Gasteiger charge is -2.55. The van der Waals surface area contributed by atoms with Crippen LogP contribution in [0.4, 0.5) is 0 Å². The van der Waals surface area contributed by atoms with E-state index in [9.17, 15) is 4.79 Å². The Morgan fingerprint density at radius 2 is 1.71 bits per heavy atom. The van der Waals surface area contributed by atoms with Gasteiger partial charge in [-0.3, -0.25) is 4.79 Å². The predicted octanol–water partition coefficient (Wildman–Crippen LogP) is 1.52. The highest BCUT2D eigenvalue weighted by atomic mass is 16.2. The van der Waals surface area contributed by atoms with Crippen molar-refractivity contribution in [2.24, 2.45) is 35.3 Å². The first-order valence-corrected chi connectivity index (χ1v) is 7.22.